The average Bonchev–Trinajstić information content (AvgIpc) is 2.28. The minimum absolute atomic E-state index is 0.165. The molecule has 0 aromatic heterocycles. The van der Waals surface area contributed by atoms with Crippen molar-refractivity contribution in [3.63, 3.8) is 0 Å². The highest BCUT2D eigenvalue weighted by Crippen LogP contribution is 2.35. The molecule has 1 amide bonds. The van der Waals surface area contributed by atoms with E-state index in [0.29, 0.717) is 6.42 Å². The molecule has 0 atom stereocenters. The summed E-state index contributed by atoms with van der Waals surface area (Å²) in [7, 11) is 0. The summed E-state index contributed by atoms with van der Waals surface area (Å²) >= 11 is 0. The first-order valence-corrected chi connectivity index (χ1v) is 5.96. The summed E-state index contributed by atoms with van der Waals surface area (Å²) < 4.78 is 0. The van der Waals surface area contributed by atoms with E-state index in [1.165, 1.54) is 11.1 Å². The third-order valence-corrected chi connectivity index (χ3v) is 3.56. The van der Waals surface area contributed by atoms with Crippen LogP contribution in [0.3, 0.4) is 0 Å². The summed E-state index contributed by atoms with van der Waals surface area (Å²) in [5.74, 6) is 0.250. The molecule has 86 valence electrons. The van der Waals surface area contributed by atoms with E-state index in [9.17, 15) is 4.79 Å². The second kappa shape index (κ2) is 3.93. The molecule has 0 saturated carbocycles. The first kappa shape index (κ1) is 11.2. The molecule has 2 nitrogen and oxygen atoms in total. The van der Waals surface area contributed by atoms with E-state index in [2.05, 4.69) is 38.1 Å². The molecule has 0 bridgehead atoms. The molecule has 1 aliphatic rings. The minimum Gasteiger partial charge on any atom is -0.333 e. The van der Waals surface area contributed by atoms with Gasteiger partial charge in [-0.2, -0.15) is 0 Å². The molecule has 1 aliphatic heterocycles. The van der Waals surface area contributed by atoms with Crippen molar-refractivity contribution in [2.75, 3.05) is 6.54 Å². The number of amides is 1. The number of hydrogen-bond acceptors (Lipinski definition) is 1. The van der Waals surface area contributed by atoms with E-state index in [1.54, 1.807) is 0 Å². The third-order valence-electron chi connectivity index (χ3n) is 3.56. The van der Waals surface area contributed by atoms with Gasteiger partial charge in [0.25, 0.3) is 0 Å². The fourth-order valence-corrected chi connectivity index (χ4v) is 2.62. The predicted molar refractivity (Wildman–Crippen MR) is 65.2 cm³/mol. The number of nitrogens with zero attached hydrogens (tertiary/aromatic N) is 1. The van der Waals surface area contributed by atoms with Crippen molar-refractivity contribution >= 4 is 5.91 Å². The zero-order valence-electron chi connectivity index (χ0n) is 10.3. The van der Waals surface area contributed by atoms with Gasteiger partial charge in [-0.05, 0) is 31.4 Å². The standard InChI is InChI=1S/C14H19NO/c1-4-13(16)15-10-9-11-7-5-6-8-12(11)14(15,2)3/h5-8H,4,9-10H2,1-3H3. The van der Waals surface area contributed by atoms with E-state index in [0.717, 1.165) is 13.0 Å². The highest BCUT2D eigenvalue weighted by molar-refractivity contribution is 5.77. The molecule has 0 spiro atoms. The van der Waals surface area contributed by atoms with Crippen LogP contribution in [0, 0.1) is 0 Å². The van der Waals surface area contributed by atoms with Crippen molar-refractivity contribution in [3.8, 4) is 0 Å². The Kier molecular flexibility index (Phi) is 2.75. The van der Waals surface area contributed by atoms with Gasteiger partial charge >= 0.3 is 0 Å². The van der Waals surface area contributed by atoms with Gasteiger partial charge in [-0.15, -0.1) is 0 Å². The molecule has 1 aromatic carbocycles. The van der Waals surface area contributed by atoms with Gasteiger partial charge in [0.1, 0.15) is 0 Å². The van der Waals surface area contributed by atoms with E-state index in [4.69, 9.17) is 0 Å². The van der Waals surface area contributed by atoms with Gasteiger partial charge < -0.3 is 4.90 Å². The zero-order chi connectivity index (χ0) is 11.8. The summed E-state index contributed by atoms with van der Waals surface area (Å²) in [6.45, 7) is 7.05. The monoisotopic (exact) mass is 217 g/mol. The van der Waals surface area contributed by atoms with Crippen molar-refractivity contribution < 1.29 is 4.79 Å². The normalized spacial score (nSPS) is 18.1. The number of hydrogen-bond donors (Lipinski definition) is 0. The Morgan fingerprint density at radius 1 is 1.38 bits per heavy atom. The number of fused-ring (bicyclic) bond motifs is 1. The van der Waals surface area contributed by atoms with Gasteiger partial charge in [0, 0.05) is 13.0 Å². The largest absolute Gasteiger partial charge is 0.333 e. The maximum atomic E-state index is 11.9. The van der Waals surface area contributed by atoms with Crippen molar-refractivity contribution in [3.05, 3.63) is 35.4 Å². The fraction of sp³-hybridized carbons (Fsp3) is 0.500. The molecule has 0 saturated heterocycles. The Bertz CT molecular complexity index is 409. The average molecular weight is 217 g/mol. The summed E-state index contributed by atoms with van der Waals surface area (Å²) in [5.41, 5.74) is 2.51. The maximum Gasteiger partial charge on any atom is 0.223 e. The highest BCUT2D eigenvalue weighted by Gasteiger charge is 2.36. The Morgan fingerprint density at radius 2 is 2.06 bits per heavy atom. The number of rotatable bonds is 1. The van der Waals surface area contributed by atoms with Gasteiger partial charge in [0.05, 0.1) is 5.54 Å². The Hall–Kier alpha value is -1.31. The molecule has 0 N–H and O–H groups in total. The molecule has 0 fully saturated rings. The number of carbonyl (C=O) groups excluding carboxylic acids is 1. The second-order valence-corrected chi connectivity index (χ2v) is 4.87. The van der Waals surface area contributed by atoms with Crippen LogP contribution in [0.5, 0.6) is 0 Å². The highest BCUT2D eigenvalue weighted by atomic mass is 16.2. The van der Waals surface area contributed by atoms with Crippen LogP contribution in [0.15, 0.2) is 24.3 Å². The Balaban J connectivity index is 2.43. The molecule has 0 unspecified atom stereocenters. The summed E-state index contributed by atoms with van der Waals surface area (Å²) in [6, 6.07) is 8.45. The van der Waals surface area contributed by atoms with E-state index >= 15 is 0 Å². The van der Waals surface area contributed by atoms with Crippen LogP contribution >= 0.6 is 0 Å². The lowest BCUT2D eigenvalue weighted by molar-refractivity contribution is -0.137. The lowest BCUT2D eigenvalue weighted by Gasteiger charge is -2.44. The van der Waals surface area contributed by atoms with Gasteiger partial charge in [-0.1, -0.05) is 31.2 Å². The Labute approximate surface area is 97.3 Å². The van der Waals surface area contributed by atoms with Crippen LogP contribution in [0.25, 0.3) is 0 Å². The van der Waals surface area contributed by atoms with Crippen molar-refractivity contribution in [2.45, 2.75) is 39.2 Å². The summed E-state index contributed by atoms with van der Waals surface area (Å²) in [6.07, 6.45) is 1.57. The molecule has 0 radical (unpaired) electrons. The molecule has 1 heterocycles. The van der Waals surface area contributed by atoms with Gasteiger partial charge in [-0.3, -0.25) is 4.79 Å². The van der Waals surface area contributed by atoms with Crippen molar-refractivity contribution in [2.24, 2.45) is 0 Å². The van der Waals surface area contributed by atoms with Gasteiger partial charge in [0.2, 0.25) is 5.91 Å². The quantitative estimate of drug-likeness (QED) is 0.708. The van der Waals surface area contributed by atoms with Crippen LogP contribution in [0.2, 0.25) is 0 Å². The van der Waals surface area contributed by atoms with E-state index in [1.807, 2.05) is 11.8 Å². The van der Waals surface area contributed by atoms with Crippen LogP contribution in [0.4, 0.5) is 0 Å². The molecule has 2 rings (SSSR count). The van der Waals surface area contributed by atoms with Crippen LogP contribution in [-0.4, -0.2) is 17.4 Å². The minimum atomic E-state index is -0.165. The summed E-state index contributed by atoms with van der Waals surface area (Å²) in [4.78, 5) is 13.9. The first-order valence-electron chi connectivity index (χ1n) is 5.96. The van der Waals surface area contributed by atoms with Crippen molar-refractivity contribution in [1.29, 1.82) is 0 Å². The van der Waals surface area contributed by atoms with Crippen LogP contribution in [0.1, 0.15) is 38.3 Å². The molecule has 2 heteroatoms. The molecular formula is C14H19NO. The fourth-order valence-electron chi connectivity index (χ4n) is 2.62. The Morgan fingerprint density at radius 3 is 2.75 bits per heavy atom. The number of carbonyl (C=O) groups is 1. The SMILES string of the molecule is CCC(=O)N1CCc2ccccc2C1(C)C. The third kappa shape index (κ3) is 1.62. The lowest BCUT2D eigenvalue weighted by atomic mass is 9.83. The van der Waals surface area contributed by atoms with Crippen LogP contribution < -0.4 is 0 Å². The predicted octanol–water partition coefficient (Wildman–Crippen LogP) is 2.72. The van der Waals surface area contributed by atoms with Crippen LogP contribution in [-0.2, 0) is 16.8 Å². The molecule has 1 aromatic rings. The number of benzene rings is 1. The van der Waals surface area contributed by atoms with Gasteiger partial charge in [0.15, 0.2) is 0 Å². The van der Waals surface area contributed by atoms with E-state index < -0.39 is 0 Å². The lowest BCUT2D eigenvalue weighted by Crippen LogP contribution is -2.49. The molecule has 0 aliphatic carbocycles. The topological polar surface area (TPSA) is 20.3 Å². The smallest absolute Gasteiger partial charge is 0.223 e. The maximum absolute atomic E-state index is 11.9. The van der Waals surface area contributed by atoms with Gasteiger partial charge in [-0.25, -0.2) is 0 Å². The first-order chi connectivity index (χ1) is 7.57. The summed E-state index contributed by atoms with van der Waals surface area (Å²) in [5, 5.41) is 0. The zero-order valence-corrected chi connectivity index (χ0v) is 10.3. The molecule has 16 heavy (non-hydrogen) atoms. The van der Waals surface area contributed by atoms with E-state index in [-0.39, 0.29) is 11.4 Å². The van der Waals surface area contributed by atoms with Crippen molar-refractivity contribution in [1.82, 2.24) is 4.90 Å². The molecular weight excluding hydrogens is 198 g/mol. The second-order valence-electron chi connectivity index (χ2n) is 4.87.